The van der Waals surface area contributed by atoms with Gasteiger partial charge in [0.15, 0.2) is 0 Å². The molecule has 0 aliphatic heterocycles. The summed E-state index contributed by atoms with van der Waals surface area (Å²) in [5, 5.41) is 0. The topological polar surface area (TPSA) is 17.8 Å². The van der Waals surface area contributed by atoms with E-state index in [2.05, 4.69) is 10.9 Å². The van der Waals surface area contributed by atoms with Crippen LogP contribution in [0.2, 0.25) is 0 Å². The van der Waals surface area contributed by atoms with Gasteiger partial charge in [0.2, 0.25) is 0 Å². The standard InChI is InChI=1S/C8H10N2/c1-5-8-6(2)10(4)7(3)9-8/h1H,2-4H3. The molecule has 52 valence electrons. The van der Waals surface area contributed by atoms with Crippen molar-refractivity contribution in [1.29, 1.82) is 0 Å². The Balaban J connectivity index is 3.34. The SMILES string of the molecule is C#Cc1nc(C)n(C)c1C. The molecule has 1 aromatic rings. The van der Waals surface area contributed by atoms with Crippen LogP contribution in [0.1, 0.15) is 17.2 Å². The van der Waals surface area contributed by atoms with Crippen LogP contribution < -0.4 is 0 Å². The van der Waals surface area contributed by atoms with E-state index in [1.54, 1.807) is 0 Å². The molecule has 0 N–H and O–H groups in total. The number of hydrogen-bond acceptors (Lipinski definition) is 1. The average molecular weight is 134 g/mol. The molecule has 0 fully saturated rings. The van der Waals surface area contributed by atoms with Crippen LogP contribution in [0.5, 0.6) is 0 Å². The fourth-order valence-corrected chi connectivity index (χ4v) is 0.856. The Morgan fingerprint density at radius 2 is 2.10 bits per heavy atom. The lowest BCUT2D eigenvalue weighted by atomic mass is 10.4. The Hall–Kier alpha value is -1.23. The van der Waals surface area contributed by atoms with Gasteiger partial charge in [0, 0.05) is 7.05 Å². The summed E-state index contributed by atoms with van der Waals surface area (Å²) in [7, 11) is 1.96. The van der Waals surface area contributed by atoms with Crippen molar-refractivity contribution in [3.63, 3.8) is 0 Å². The summed E-state index contributed by atoms with van der Waals surface area (Å²) in [6.07, 6.45) is 5.21. The van der Waals surface area contributed by atoms with E-state index in [0.29, 0.717) is 0 Å². The Morgan fingerprint density at radius 3 is 2.30 bits per heavy atom. The number of hydrogen-bond donors (Lipinski definition) is 0. The number of terminal acetylenes is 1. The van der Waals surface area contributed by atoms with Crippen LogP contribution in [0.25, 0.3) is 0 Å². The Kier molecular flexibility index (Phi) is 1.50. The minimum absolute atomic E-state index is 0.750. The molecule has 0 aliphatic rings. The molecule has 10 heavy (non-hydrogen) atoms. The lowest BCUT2D eigenvalue weighted by molar-refractivity contribution is 0.827. The molecule has 0 aliphatic carbocycles. The van der Waals surface area contributed by atoms with Gasteiger partial charge in [-0.2, -0.15) is 0 Å². The molecule has 0 amide bonds. The highest BCUT2D eigenvalue weighted by atomic mass is 15.1. The molecule has 2 nitrogen and oxygen atoms in total. The van der Waals surface area contributed by atoms with Crippen molar-refractivity contribution >= 4 is 0 Å². The summed E-state index contributed by atoms with van der Waals surface area (Å²) in [6.45, 7) is 3.91. The highest BCUT2D eigenvalue weighted by molar-refractivity contribution is 5.30. The van der Waals surface area contributed by atoms with E-state index < -0.39 is 0 Å². The lowest BCUT2D eigenvalue weighted by Gasteiger charge is -1.94. The van der Waals surface area contributed by atoms with Crippen LogP contribution in [-0.4, -0.2) is 9.55 Å². The molecule has 1 rings (SSSR count). The highest BCUT2D eigenvalue weighted by Gasteiger charge is 2.03. The molecule has 0 spiro atoms. The van der Waals surface area contributed by atoms with Crippen molar-refractivity contribution < 1.29 is 0 Å². The lowest BCUT2D eigenvalue weighted by Crippen LogP contribution is -1.92. The Morgan fingerprint density at radius 1 is 1.50 bits per heavy atom. The van der Waals surface area contributed by atoms with E-state index in [1.165, 1.54) is 0 Å². The maximum atomic E-state index is 5.21. The molecule has 0 aromatic carbocycles. The molecule has 0 radical (unpaired) electrons. The second-order valence-electron chi connectivity index (χ2n) is 2.30. The van der Waals surface area contributed by atoms with Gasteiger partial charge in [-0.3, -0.25) is 0 Å². The van der Waals surface area contributed by atoms with E-state index in [4.69, 9.17) is 6.42 Å². The van der Waals surface area contributed by atoms with E-state index in [1.807, 2.05) is 25.5 Å². The van der Waals surface area contributed by atoms with Crippen molar-refractivity contribution in [3.05, 3.63) is 17.2 Å². The maximum Gasteiger partial charge on any atom is 0.134 e. The summed E-state index contributed by atoms with van der Waals surface area (Å²) in [5.41, 5.74) is 1.81. The molecule has 0 unspecified atom stereocenters. The van der Waals surface area contributed by atoms with E-state index in [9.17, 15) is 0 Å². The van der Waals surface area contributed by atoms with E-state index in [0.717, 1.165) is 17.2 Å². The average Bonchev–Trinajstić information content (AvgIpc) is 2.17. The predicted octanol–water partition coefficient (Wildman–Crippen LogP) is 1.02. The monoisotopic (exact) mass is 134 g/mol. The van der Waals surface area contributed by atoms with Gasteiger partial charge in [-0.05, 0) is 19.8 Å². The molecule has 1 heterocycles. The third-order valence-electron chi connectivity index (χ3n) is 1.74. The zero-order valence-corrected chi connectivity index (χ0v) is 6.47. The molecule has 1 aromatic heterocycles. The smallest absolute Gasteiger partial charge is 0.134 e. The van der Waals surface area contributed by atoms with Crippen LogP contribution in [0.4, 0.5) is 0 Å². The first-order valence-electron chi connectivity index (χ1n) is 3.13. The number of aryl methyl sites for hydroxylation is 1. The Labute approximate surface area is 60.9 Å². The summed E-state index contributed by atoms with van der Waals surface area (Å²) in [6, 6.07) is 0. The number of rotatable bonds is 0. The predicted molar refractivity (Wildman–Crippen MR) is 40.6 cm³/mol. The minimum atomic E-state index is 0.750. The van der Waals surface area contributed by atoms with Crippen LogP contribution >= 0.6 is 0 Å². The zero-order valence-electron chi connectivity index (χ0n) is 6.47. The van der Waals surface area contributed by atoms with Crippen molar-refractivity contribution in [3.8, 4) is 12.3 Å². The van der Waals surface area contributed by atoms with Crippen LogP contribution in [0.15, 0.2) is 0 Å². The molecule has 0 atom stereocenters. The first-order valence-corrected chi connectivity index (χ1v) is 3.13. The van der Waals surface area contributed by atoms with Gasteiger partial charge in [0.25, 0.3) is 0 Å². The van der Waals surface area contributed by atoms with Gasteiger partial charge in [0.1, 0.15) is 11.5 Å². The molecule has 0 bridgehead atoms. The quantitative estimate of drug-likeness (QED) is 0.484. The molecule has 0 saturated carbocycles. The fraction of sp³-hybridized carbons (Fsp3) is 0.375. The van der Waals surface area contributed by atoms with Gasteiger partial charge in [-0.15, -0.1) is 6.42 Å². The van der Waals surface area contributed by atoms with E-state index in [-0.39, 0.29) is 0 Å². The fourth-order valence-electron chi connectivity index (χ4n) is 0.856. The summed E-state index contributed by atoms with van der Waals surface area (Å²) >= 11 is 0. The van der Waals surface area contributed by atoms with Crippen molar-refractivity contribution in [2.45, 2.75) is 13.8 Å². The van der Waals surface area contributed by atoms with Gasteiger partial charge < -0.3 is 4.57 Å². The zero-order chi connectivity index (χ0) is 7.72. The van der Waals surface area contributed by atoms with Crippen LogP contribution in [0.3, 0.4) is 0 Å². The molecular formula is C8H10N2. The Bertz CT molecular complexity index is 289. The number of nitrogens with zero attached hydrogens (tertiary/aromatic N) is 2. The summed E-state index contributed by atoms with van der Waals surface area (Å²) in [5.74, 6) is 3.49. The van der Waals surface area contributed by atoms with Crippen molar-refractivity contribution in [2.24, 2.45) is 7.05 Å². The molecule has 2 heteroatoms. The van der Waals surface area contributed by atoms with Gasteiger partial charge >= 0.3 is 0 Å². The molecular weight excluding hydrogens is 124 g/mol. The van der Waals surface area contributed by atoms with Crippen molar-refractivity contribution in [2.75, 3.05) is 0 Å². The normalized spacial score (nSPS) is 9.40. The summed E-state index contributed by atoms with van der Waals surface area (Å²) in [4.78, 5) is 4.16. The van der Waals surface area contributed by atoms with Gasteiger partial charge in [-0.25, -0.2) is 4.98 Å². The van der Waals surface area contributed by atoms with Gasteiger partial charge in [0.05, 0.1) is 5.69 Å². The first-order chi connectivity index (χ1) is 4.66. The van der Waals surface area contributed by atoms with Gasteiger partial charge in [-0.1, -0.05) is 0 Å². The number of aromatic nitrogens is 2. The largest absolute Gasteiger partial charge is 0.334 e. The van der Waals surface area contributed by atoms with Crippen molar-refractivity contribution in [1.82, 2.24) is 9.55 Å². The second-order valence-corrected chi connectivity index (χ2v) is 2.30. The second kappa shape index (κ2) is 2.18. The van der Waals surface area contributed by atoms with Crippen LogP contribution in [0, 0.1) is 26.2 Å². The van der Waals surface area contributed by atoms with E-state index >= 15 is 0 Å². The third-order valence-corrected chi connectivity index (χ3v) is 1.74. The third kappa shape index (κ3) is 0.801. The molecule has 0 saturated heterocycles. The summed E-state index contributed by atoms with van der Waals surface area (Å²) < 4.78 is 1.98. The van der Waals surface area contributed by atoms with Crippen LogP contribution in [-0.2, 0) is 7.05 Å². The first kappa shape index (κ1) is 6.88. The maximum absolute atomic E-state index is 5.21. The highest BCUT2D eigenvalue weighted by Crippen LogP contribution is 2.05. The number of imidazole rings is 1. The minimum Gasteiger partial charge on any atom is -0.334 e.